The standard InChI is InChI=1S/C12H12N2O4/c1-18-11(16)8-14-12(17)10-5-9(3-2-4-15)6-13-7-10/h5-7,15H,4,8H2,1H3,(H,14,17). The smallest absolute Gasteiger partial charge is 0.325 e. The fourth-order valence-corrected chi connectivity index (χ4v) is 1.10. The Balaban J connectivity index is 2.71. The first-order valence-corrected chi connectivity index (χ1v) is 5.07. The summed E-state index contributed by atoms with van der Waals surface area (Å²) in [7, 11) is 1.24. The summed E-state index contributed by atoms with van der Waals surface area (Å²) in [4.78, 5) is 26.3. The molecule has 0 fully saturated rings. The Kier molecular flexibility index (Phi) is 5.35. The summed E-state index contributed by atoms with van der Waals surface area (Å²) in [5, 5.41) is 10.9. The Hall–Kier alpha value is -2.39. The summed E-state index contributed by atoms with van der Waals surface area (Å²) in [6.07, 6.45) is 2.83. The summed E-state index contributed by atoms with van der Waals surface area (Å²) in [5.74, 6) is 4.10. The van der Waals surface area contributed by atoms with Crippen LogP contribution in [0.4, 0.5) is 0 Å². The van der Waals surface area contributed by atoms with E-state index in [4.69, 9.17) is 5.11 Å². The molecular formula is C12H12N2O4. The van der Waals surface area contributed by atoms with Gasteiger partial charge in [0.2, 0.25) is 0 Å². The number of hydrogen-bond acceptors (Lipinski definition) is 5. The predicted octanol–water partition coefficient (Wildman–Crippen LogP) is -0.672. The lowest BCUT2D eigenvalue weighted by molar-refractivity contribution is -0.139. The van der Waals surface area contributed by atoms with Gasteiger partial charge in [-0.2, -0.15) is 0 Å². The van der Waals surface area contributed by atoms with Gasteiger partial charge in [0.1, 0.15) is 13.2 Å². The number of aliphatic hydroxyl groups excluding tert-OH is 1. The van der Waals surface area contributed by atoms with Crippen LogP contribution in [0, 0.1) is 11.8 Å². The highest BCUT2D eigenvalue weighted by atomic mass is 16.5. The molecule has 18 heavy (non-hydrogen) atoms. The number of aliphatic hydroxyl groups is 1. The molecule has 0 spiro atoms. The highest BCUT2D eigenvalue weighted by molar-refractivity contribution is 5.95. The van der Waals surface area contributed by atoms with Gasteiger partial charge in [0, 0.05) is 18.0 Å². The molecular weight excluding hydrogens is 236 g/mol. The summed E-state index contributed by atoms with van der Waals surface area (Å²) in [6, 6.07) is 1.52. The molecule has 2 N–H and O–H groups in total. The minimum atomic E-state index is -0.535. The van der Waals surface area contributed by atoms with Gasteiger partial charge in [0.05, 0.1) is 12.7 Å². The fraction of sp³-hybridized carbons (Fsp3) is 0.250. The minimum Gasteiger partial charge on any atom is -0.468 e. The van der Waals surface area contributed by atoms with Crippen molar-refractivity contribution in [3.05, 3.63) is 29.6 Å². The fourth-order valence-electron chi connectivity index (χ4n) is 1.10. The average molecular weight is 248 g/mol. The van der Waals surface area contributed by atoms with E-state index in [1.54, 1.807) is 0 Å². The van der Waals surface area contributed by atoms with Gasteiger partial charge in [0.25, 0.3) is 5.91 Å². The molecule has 0 aliphatic heterocycles. The molecule has 0 aromatic carbocycles. The molecule has 0 saturated carbocycles. The van der Waals surface area contributed by atoms with Crippen LogP contribution in [-0.4, -0.2) is 42.2 Å². The van der Waals surface area contributed by atoms with Crippen LogP contribution in [0.15, 0.2) is 18.5 Å². The quantitative estimate of drug-likeness (QED) is 0.547. The zero-order chi connectivity index (χ0) is 13.4. The third kappa shape index (κ3) is 4.23. The first-order valence-electron chi connectivity index (χ1n) is 5.07. The lowest BCUT2D eigenvalue weighted by atomic mass is 10.2. The molecule has 6 nitrogen and oxygen atoms in total. The van der Waals surface area contributed by atoms with Crippen LogP contribution < -0.4 is 5.32 Å². The second kappa shape index (κ2) is 7.04. The van der Waals surface area contributed by atoms with Crippen molar-refractivity contribution in [3.63, 3.8) is 0 Å². The van der Waals surface area contributed by atoms with E-state index in [0.717, 1.165) is 0 Å². The van der Waals surface area contributed by atoms with E-state index >= 15 is 0 Å². The van der Waals surface area contributed by atoms with E-state index < -0.39 is 11.9 Å². The van der Waals surface area contributed by atoms with E-state index in [0.29, 0.717) is 5.56 Å². The number of esters is 1. The molecule has 1 amide bonds. The van der Waals surface area contributed by atoms with Crippen molar-refractivity contribution in [2.75, 3.05) is 20.3 Å². The van der Waals surface area contributed by atoms with Crippen molar-refractivity contribution in [1.82, 2.24) is 10.3 Å². The lowest BCUT2D eigenvalue weighted by Gasteiger charge is -2.03. The predicted molar refractivity (Wildman–Crippen MR) is 62.6 cm³/mol. The Morgan fingerprint density at radius 3 is 2.94 bits per heavy atom. The van der Waals surface area contributed by atoms with Gasteiger partial charge in [-0.1, -0.05) is 11.8 Å². The highest BCUT2D eigenvalue weighted by Gasteiger charge is 2.08. The van der Waals surface area contributed by atoms with Crippen LogP contribution in [0.3, 0.4) is 0 Å². The molecule has 0 radical (unpaired) electrons. The normalized spacial score (nSPS) is 9.00. The van der Waals surface area contributed by atoms with Crippen LogP contribution in [0.1, 0.15) is 15.9 Å². The Bertz CT molecular complexity index is 502. The van der Waals surface area contributed by atoms with Crippen LogP contribution >= 0.6 is 0 Å². The average Bonchev–Trinajstić information content (AvgIpc) is 2.42. The maximum absolute atomic E-state index is 11.6. The Morgan fingerprint density at radius 1 is 1.50 bits per heavy atom. The number of amides is 1. The number of rotatable bonds is 3. The van der Waals surface area contributed by atoms with Crippen molar-refractivity contribution in [2.24, 2.45) is 0 Å². The van der Waals surface area contributed by atoms with E-state index in [1.165, 1.54) is 25.6 Å². The minimum absolute atomic E-state index is 0.206. The SMILES string of the molecule is COC(=O)CNC(=O)c1cncc(C#CCO)c1. The molecule has 1 rings (SSSR count). The molecule has 0 saturated heterocycles. The van der Waals surface area contributed by atoms with Gasteiger partial charge < -0.3 is 15.2 Å². The van der Waals surface area contributed by atoms with Gasteiger partial charge in [0.15, 0.2) is 0 Å². The van der Waals surface area contributed by atoms with Gasteiger partial charge >= 0.3 is 5.97 Å². The van der Waals surface area contributed by atoms with Crippen molar-refractivity contribution >= 4 is 11.9 Å². The molecule has 0 unspecified atom stereocenters. The summed E-state index contributed by atoms with van der Waals surface area (Å²) >= 11 is 0. The molecule has 0 aliphatic carbocycles. The molecule has 6 heteroatoms. The Labute approximate surface area is 104 Å². The number of carbonyl (C=O) groups excluding carboxylic acids is 2. The molecule has 0 atom stereocenters. The molecule has 1 aromatic rings. The number of ether oxygens (including phenoxy) is 1. The molecule has 0 bridgehead atoms. The van der Waals surface area contributed by atoms with E-state index in [9.17, 15) is 9.59 Å². The second-order valence-electron chi connectivity index (χ2n) is 3.18. The first-order chi connectivity index (χ1) is 8.67. The number of carbonyl (C=O) groups is 2. The Morgan fingerprint density at radius 2 is 2.28 bits per heavy atom. The van der Waals surface area contributed by atoms with Crippen LogP contribution in [0.5, 0.6) is 0 Å². The van der Waals surface area contributed by atoms with Crippen molar-refractivity contribution in [3.8, 4) is 11.8 Å². The number of hydrogen-bond donors (Lipinski definition) is 2. The third-order valence-corrected chi connectivity index (χ3v) is 1.93. The van der Waals surface area contributed by atoms with Gasteiger partial charge in [-0.15, -0.1) is 0 Å². The maximum atomic E-state index is 11.6. The van der Waals surface area contributed by atoms with Gasteiger partial charge in [-0.25, -0.2) is 0 Å². The topological polar surface area (TPSA) is 88.5 Å². The molecule has 1 aromatic heterocycles. The largest absolute Gasteiger partial charge is 0.468 e. The third-order valence-electron chi connectivity index (χ3n) is 1.93. The van der Waals surface area contributed by atoms with Crippen molar-refractivity contribution in [1.29, 1.82) is 0 Å². The maximum Gasteiger partial charge on any atom is 0.325 e. The lowest BCUT2D eigenvalue weighted by Crippen LogP contribution is -2.30. The number of nitrogens with one attached hydrogen (secondary N) is 1. The van der Waals surface area contributed by atoms with Crippen molar-refractivity contribution < 1.29 is 19.4 Å². The monoisotopic (exact) mass is 248 g/mol. The van der Waals surface area contributed by atoms with Gasteiger partial charge in [-0.3, -0.25) is 14.6 Å². The zero-order valence-corrected chi connectivity index (χ0v) is 9.77. The van der Waals surface area contributed by atoms with E-state index in [1.807, 2.05) is 0 Å². The summed E-state index contributed by atoms with van der Waals surface area (Å²) in [6.45, 7) is -0.472. The van der Waals surface area contributed by atoms with E-state index in [2.05, 4.69) is 26.9 Å². The van der Waals surface area contributed by atoms with Crippen LogP contribution in [0.2, 0.25) is 0 Å². The number of methoxy groups -OCH3 is 1. The van der Waals surface area contributed by atoms with Crippen LogP contribution in [0.25, 0.3) is 0 Å². The summed E-state index contributed by atoms with van der Waals surface area (Å²) in [5.41, 5.74) is 0.790. The zero-order valence-electron chi connectivity index (χ0n) is 9.77. The van der Waals surface area contributed by atoms with Gasteiger partial charge in [-0.05, 0) is 6.07 Å². The molecule has 94 valence electrons. The van der Waals surface area contributed by atoms with Crippen LogP contribution in [-0.2, 0) is 9.53 Å². The molecule has 1 heterocycles. The number of pyridine rings is 1. The summed E-state index contributed by atoms with van der Waals surface area (Å²) < 4.78 is 4.39. The second-order valence-corrected chi connectivity index (χ2v) is 3.18. The highest BCUT2D eigenvalue weighted by Crippen LogP contribution is 2.01. The first kappa shape index (κ1) is 13.7. The number of nitrogens with zero attached hydrogens (tertiary/aromatic N) is 1. The van der Waals surface area contributed by atoms with Crippen molar-refractivity contribution in [2.45, 2.75) is 0 Å². The molecule has 0 aliphatic rings. The van der Waals surface area contributed by atoms with E-state index in [-0.39, 0.29) is 18.7 Å². The number of aromatic nitrogens is 1.